The molecule has 1 aromatic rings. The van der Waals surface area contributed by atoms with E-state index in [9.17, 15) is 0 Å². The van der Waals surface area contributed by atoms with Crippen LogP contribution in [0.15, 0.2) is 6.07 Å². The lowest BCUT2D eigenvalue weighted by molar-refractivity contribution is 0.114. The van der Waals surface area contributed by atoms with Crippen LogP contribution in [0.3, 0.4) is 0 Å². The molecule has 0 bridgehead atoms. The molecule has 1 heterocycles. The highest BCUT2D eigenvalue weighted by molar-refractivity contribution is 5.32. The molecule has 1 aromatic heterocycles. The maximum Gasteiger partial charge on any atom is 0.228 e. The number of rotatable bonds is 3. The zero-order valence-corrected chi connectivity index (χ0v) is 9.53. The van der Waals surface area contributed by atoms with Crippen LogP contribution in [0.1, 0.15) is 25.0 Å². The van der Waals surface area contributed by atoms with Gasteiger partial charge >= 0.3 is 0 Å². The smallest absolute Gasteiger partial charge is 0.228 e. The molecule has 0 aromatic carbocycles. The molecule has 15 heavy (non-hydrogen) atoms. The summed E-state index contributed by atoms with van der Waals surface area (Å²) in [7, 11) is 3.86. The fourth-order valence-corrected chi connectivity index (χ4v) is 1.44. The molecule has 0 saturated heterocycles. The molecular formula is C11H17N3O. The van der Waals surface area contributed by atoms with E-state index < -0.39 is 0 Å². The standard InChI is InChI=1S/C11H17N3O/c1-8-7-10(15-9-5-4-6-9)13-11(12-8)14(2)3/h7,9H,4-6H2,1-3H3. The molecule has 0 amide bonds. The highest BCUT2D eigenvalue weighted by atomic mass is 16.5. The molecule has 0 aliphatic heterocycles. The molecule has 1 aliphatic rings. The van der Waals surface area contributed by atoms with Crippen LogP contribution in [0.4, 0.5) is 5.95 Å². The summed E-state index contributed by atoms with van der Waals surface area (Å²) in [5.74, 6) is 1.42. The van der Waals surface area contributed by atoms with Crippen molar-refractivity contribution in [3.05, 3.63) is 11.8 Å². The van der Waals surface area contributed by atoms with Gasteiger partial charge in [-0.25, -0.2) is 4.98 Å². The summed E-state index contributed by atoms with van der Waals surface area (Å²) in [6.45, 7) is 1.96. The van der Waals surface area contributed by atoms with E-state index in [4.69, 9.17) is 4.74 Å². The molecule has 0 N–H and O–H groups in total. The number of aryl methyl sites for hydroxylation is 1. The minimum atomic E-state index is 0.370. The molecule has 82 valence electrons. The number of anilines is 1. The lowest BCUT2D eigenvalue weighted by Gasteiger charge is -2.26. The Bertz CT molecular complexity index is 348. The maximum atomic E-state index is 5.74. The minimum Gasteiger partial charge on any atom is -0.474 e. The van der Waals surface area contributed by atoms with Gasteiger partial charge in [-0.15, -0.1) is 0 Å². The van der Waals surface area contributed by atoms with Crippen LogP contribution in [0.2, 0.25) is 0 Å². The summed E-state index contributed by atoms with van der Waals surface area (Å²) in [6.07, 6.45) is 3.95. The van der Waals surface area contributed by atoms with Crippen molar-refractivity contribution in [2.75, 3.05) is 19.0 Å². The second-order valence-corrected chi connectivity index (χ2v) is 4.21. The predicted octanol–water partition coefficient (Wildman–Crippen LogP) is 1.78. The summed E-state index contributed by atoms with van der Waals surface area (Å²) in [6, 6.07) is 1.89. The molecule has 1 fully saturated rings. The van der Waals surface area contributed by atoms with Gasteiger partial charge in [-0.3, -0.25) is 0 Å². The maximum absolute atomic E-state index is 5.74. The lowest BCUT2D eigenvalue weighted by atomic mass is 9.96. The molecule has 1 saturated carbocycles. The third-order valence-electron chi connectivity index (χ3n) is 2.56. The average Bonchev–Trinajstić information content (AvgIpc) is 2.10. The fourth-order valence-electron chi connectivity index (χ4n) is 1.44. The first kappa shape index (κ1) is 10.2. The van der Waals surface area contributed by atoms with Crippen LogP contribution < -0.4 is 9.64 Å². The van der Waals surface area contributed by atoms with Crippen LogP contribution in [-0.2, 0) is 0 Å². The van der Waals surface area contributed by atoms with Gasteiger partial charge in [-0.1, -0.05) is 0 Å². The van der Waals surface area contributed by atoms with E-state index >= 15 is 0 Å². The van der Waals surface area contributed by atoms with E-state index in [0.29, 0.717) is 17.9 Å². The number of nitrogens with zero attached hydrogens (tertiary/aromatic N) is 3. The number of aromatic nitrogens is 2. The van der Waals surface area contributed by atoms with Gasteiger partial charge < -0.3 is 9.64 Å². The van der Waals surface area contributed by atoms with Crippen LogP contribution >= 0.6 is 0 Å². The van der Waals surface area contributed by atoms with Crippen molar-refractivity contribution in [3.63, 3.8) is 0 Å². The monoisotopic (exact) mass is 207 g/mol. The van der Waals surface area contributed by atoms with Gasteiger partial charge in [-0.2, -0.15) is 4.98 Å². The number of hydrogen-bond donors (Lipinski definition) is 0. The predicted molar refractivity (Wildman–Crippen MR) is 59.4 cm³/mol. The second kappa shape index (κ2) is 4.04. The quantitative estimate of drug-likeness (QED) is 0.757. The first-order chi connectivity index (χ1) is 7.15. The molecule has 2 rings (SSSR count). The van der Waals surface area contributed by atoms with Crippen molar-refractivity contribution < 1.29 is 4.74 Å². The minimum absolute atomic E-state index is 0.370. The van der Waals surface area contributed by atoms with Crippen LogP contribution in [0.5, 0.6) is 5.88 Å². The first-order valence-corrected chi connectivity index (χ1v) is 5.35. The Labute approximate surface area is 90.3 Å². The second-order valence-electron chi connectivity index (χ2n) is 4.21. The zero-order valence-electron chi connectivity index (χ0n) is 9.53. The zero-order chi connectivity index (χ0) is 10.8. The molecule has 0 spiro atoms. The van der Waals surface area contributed by atoms with Gasteiger partial charge in [0.15, 0.2) is 0 Å². The van der Waals surface area contributed by atoms with Gasteiger partial charge in [0.25, 0.3) is 0 Å². The Kier molecular flexibility index (Phi) is 2.75. The Morgan fingerprint density at radius 2 is 2.07 bits per heavy atom. The van der Waals surface area contributed by atoms with Crippen LogP contribution in [0.25, 0.3) is 0 Å². The third-order valence-corrected chi connectivity index (χ3v) is 2.56. The molecule has 0 radical (unpaired) electrons. The summed E-state index contributed by atoms with van der Waals surface area (Å²) in [4.78, 5) is 10.6. The Morgan fingerprint density at radius 3 is 2.60 bits per heavy atom. The van der Waals surface area contributed by atoms with Gasteiger partial charge in [0, 0.05) is 25.9 Å². The normalized spacial score (nSPS) is 15.9. The largest absolute Gasteiger partial charge is 0.474 e. The van der Waals surface area contributed by atoms with Crippen LogP contribution in [-0.4, -0.2) is 30.2 Å². The van der Waals surface area contributed by atoms with Crippen molar-refractivity contribution in [2.45, 2.75) is 32.3 Å². The fraction of sp³-hybridized carbons (Fsp3) is 0.636. The third kappa shape index (κ3) is 2.37. The molecule has 0 atom stereocenters. The van der Waals surface area contributed by atoms with Gasteiger partial charge in [0.05, 0.1) is 0 Å². The summed E-state index contributed by atoms with van der Waals surface area (Å²) < 4.78 is 5.74. The highest BCUT2D eigenvalue weighted by Gasteiger charge is 2.20. The highest BCUT2D eigenvalue weighted by Crippen LogP contribution is 2.24. The van der Waals surface area contributed by atoms with Crippen molar-refractivity contribution >= 4 is 5.95 Å². The molecule has 4 heteroatoms. The Hall–Kier alpha value is -1.32. The number of hydrogen-bond acceptors (Lipinski definition) is 4. The van der Waals surface area contributed by atoms with Crippen molar-refractivity contribution in [2.24, 2.45) is 0 Å². The van der Waals surface area contributed by atoms with E-state index in [0.717, 1.165) is 18.5 Å². The average molecular weight is 207 g/mol. The van der Waals surface area contributed by atoms with E-state index in [1.54, 1.807) is 0 Å². The summed E-state index contributed by atoms with van der Waals surface area (Å²) in [5.41, 5.74) is 0.947. The van der Waals surface area contributed by atoms with Gasteiger partial charge in [0.2, 0.25) is 11.8 Å². The Morgan fingerprint density at radius 1 is 1.33 bits per heavy atom. The van der Waals surface area contributed by atoms with Crippen molar-refractivity contribution in [1.82, 2.24) is 9.97 Å². The first-order valence-electron chi connectivity index (χ1n) is 5.35. The molecular weight excluding hydrogens is 190 g/mol. The van der Waals surface area contributed by atoms with Gasteiger partial charge in [-0.05, 0) is 26.2 Å². The molecule has 0 unspecified atom stereocenters. The summed E-state index contributed by atoms with van der Waals surface area (Å²) >= 11 is 0. The Balaban J connectivity index is 2.15. The lowest BCUT2D eigenvalue weighted by Crippen LogP contribution is -2.25. The topological polar surface area (TPSA) is 38.2 Å². The van der Waals surface area contributed by atoms with E-state index in [1.807, 2.05) is 32.0 Å². The number of ether oxygens (including phenoxy) is 1. The molecule has 1 aliphatic carbocycles. The molecule has 4 nitrogen and oxygen atoms in total. The summed E-state index contributed by atoms with van der Waals surface area (Å²) in [5, 5.41) is 0. The van der Waals surface area contributed by atoms with Crippen molar-refractivity contribution in [3.8, 4) is 5.88 Å². The van der Waals surface area contributed by atoms with Crippen LogP contribution in [0, 0.1) is 6.92 Å². The van der Waals surface area contributed by atoms with Crippen molar-refractivity contribution in [1.29, 1.82) is 0 Å². The van der Waals surface area contributed by atoms with E-state index in [2.05, 4.69) is 9.97 Å². The van der Waals surface area contributed by atoms with E-state index in [-0.39, 0.29) is 0 Å². The van der Waals surface area contributed by atoms with Gasteiger partial charge in [0.1, 0.15) is 6.10 Å². The SMILES string of the molecule is Cc1cc(OC2CCC2)nc(N(C)C)n1. The van der Waals surface area contributed by atoms with E-state index in [1.165, 1.54) is 6.42 Å².